The van der Waals surface area contributed by atoms with Crippen molar-refractivity contribution in [2.24, 2.45) is 5.41 Å². The smallest absolute Gasteiger partial charge is 0.0410 e. The highest BCUT2D eigenvalue weighted by Crippen LogP contribution is 2.16. The molecule has 0 unspecified atom stereocenters. The molecule has 0 fully saturated rings. The molecule has 84 valence electrons. The van der Waals surface area contributed by atoms with Crippen molar-refractivity contribution in [2.75, 3.05) is 13.6 Å². The van der Waals surface area contributed by atoms with Crippen LogP contribution in [0.3, 0.4) is 0 Å². The lowest BCUT2D eigenvalue weighted by Crippen LogP contribution is -2.28. The second kappa shape index (κ2) is 5.08. The molecule has 0 aliphatic heterocycles. The van der Waals surface area contributed by atoms with Gasteiger partial charge in [-0.3, -0.25) is 4.98 Å². The maximum absolute atomic E-state index is 4.16. The van der Waals surface area contributed by atoms with Crippen LogP contribution in [0.1, 0.15) is 26.3 Å². The number of hydrogen-bond donors (Lipinski definition) is 0. The minimum absolute atomic E-state index is 0.341. The Morgan fingerprint density at radius 3 is 2.53 bits per heavy atom. The molecule has 0 aliphatic carbocycles. The van der Waals surface area contributed by atoms with Crippen molar-refractivity contribution in [1.29, 1.82) is 0 Å². The average molecular weight is 271 g/mol. The van der Waals surface area contributed by atoms with Crippen LogP contribution < -0.4 is 0 Å². The SMILES string of the molecule is CN(Cc1cncc(Br)c1)CC(C)(C)C. The zero-order chi connectivity index (χ0) is 11.5. The summed E-state index contributed by atoms with van der Waals surface area (Å²) >= 11 is 3.43. The first-order valence-electron chi connectivity index (χ1n) is 5.15. The van der Waals surface area contributed by atoms with E-state index in [4.69, 9.17) is 0 Å². The Balaban J connectivity index is 2.55. The van der Waals surface area contributed by atoms with E-state index >= 15 is 0 Å². The van der Waals surface area contributed by atoms with Crippen molar-refractivity contribution in [3.8, 4) is 0 Å². The summed E-state index contributed by atoms with van der Waals surface area (Å²) in [5, 5.41) is 0. The molecule has 0 N–H and O–H groups in total. The van der Waals surface area contributed by atoms with Crippen LogP contribution in [0.2, 0.25) is 0 Å². The Hall–Kier alpha value is -0.410. The summed E-state index contributed by atoms with van der Waals surface area (Å²) < 4.78 is 1.05. The Morgan fingerprint density at radius 2 is 2.00 bits per heavy atom. The molecule has 0 saturated heterocycles. The van der Waals surface area contributed by atoms with E-state index in [-0.39, 0.29) is 0 Å². The Kier molecular flexibility index (Phi) is 4.29. The van der Waals surface area contributed by atoms with Gasteiger partial charge in [-0.2, -0.15) is 0 Å². The van der Waals surface area contributed by atoms with E-state index in [2.05, 4.69) is 59.7 Å². The van der Waals surface area contributed by atoms with Crippen molar-refractivity contribution >= 4 is 15.9 Å². The van der Waals surface area contributed by atoms with Crippen LogP contribution in [0.25, 0.3) is 0 Å². The van der Waals surface area contributed by atoms with E-state index in [0.29, 0.717) is 5.41 Å². The van der Waals surface area contributed by atoms with E-state index < -0.39 is 0 Å². The minimum atomic E-state index is 0.341. The molecular formula is C12H19BrN2. The minimum Gasteiger partial charge on any atom is -0.302 e. The predicted molar refractivity (Wildman–Crippen MR) is 67.7 cm³/mol. The van der Waals surface area contributed by atoms with E-state index in [1.165, 1.54) is 5.56 Å². The summed E-state index contributed by atoms with van der Waals surface area (Å²) in [4.78, 5) is 6.48. The van der Waals surface area contributed by atoms with Crippen LogP contribution in [0.4, 0.5) is 0 Å². The van der Waals surface area contributed by atoms with Crippen LogP contribution in [-0.2, 0) is 6.54 Å². The second-order valence-corrected chi connectivity index (χ2v) is 6.16. The van der Waals surface area contributed by atoms with Gasteiger partial charge in [-0.1, -0.05) is 20.8 Å². The Morgan fingerprint density at radius 1 is 1.33 bits per heavy atom. The van der Waals surface area contributed by atoms with Gasteiger partial charge < -0.3 is 4.90 Å². The van der Waals surface area contributed by atoms with Crippen LogP contribution >= 0.6 is 15.9 Å². The molecule has 15 heavy (non-hydrogen) atoms. The standard InChI is InChI=1S/C12H19BrN2/c1-12(2,3)9-15(4)8-10-5-11(13)7-14-6-10/h5-7H,8-9H2,1-4H3. The molecule has 2 nitrogen and oxygen atoms in total. The number of halogens is 1. The molecule has 0 aromatic carbocycles. The average Bonchev–Trinajstić information content (AvgIpc) is 1.99. The lowest BCUT2D eigenvalue weighted by Gasteiger charge is -2.26. The zero-order valence-corrected chi connectivity index (χ0v) is 11.5. The van der Waals surface area contributed by atoms with Crippen LogP contribution in [0.5, 0.6) is 0 Å². The maximum atomic E-state index is 4.16. The molecule has 0 bridgehead atoms. The third-order valence-electron chi connectivity index (χ3n) is 1.96. The molecule has 0 amide bonds. The Bertz CT molecular complexity index is 318. The van der Waals surface area contributed by atoms with E-state index in [0.717, 1.165) is 17.6 Å². The highest BCUT2D eigenvalue weighted by atomic mass is 79.9. The highest BCUT2D eigenvalue weighted by Gasteiger charge is 2.13. The van der Waals surface area contributed by atoms with Gasteiger partial charge in [0, 0.05) is 30.0 Å². The van der Waals surface area contributed by atoms with E-state index in [1.807, 2.05) is 12.4 Å². The van der Waals surface area contributed by atoms with Crippen molar-refractivity contribution in [2.45, 2.75) is 27.3 Å². The molecule has 1 aromatic rings. The number of nitrogens with zero attached hydrogens (tertiary/aromatic N) is 2. The van der Waals surface area contributed by atoms with Crippen molar-refractivity contribution in [1.82, 2.24) is 9.88 Å². The van der Waals surface area contributed by atoms with Gasteiger partial charge in [0.15, 0.2) is 0 Å². The summed E-state index contributed by atoms with van der Waals surface area (Å²) in [5.74, 6) is 0. The van der Waals surface area contributed by atoms with Gasteiger partial charge in [-0.15, -0.1) is 0 Å². The second-order valence-electron chi connectivity index (χ2n) is 5.24. The molecule has 3 heteroatoms. The third kappa shape index (κ3) is 5.28. The van der Waals surface area contributed by atoms with Crippen LogP contribution in [-0.4, -0.2) is 23.5 Å². The highest BCUT2D eigenvalue weighted by molar-refractivity contribution is 9.10. The number of hydrogen-bond acceptors (Lipinski definition) is 2. The summed E-state index contributed by atoms with van der Waals surface area (Å²) in [6.07, 6.45) is 3.73. The fraction of sp³-hybridized carbons (Fsp3) is 0.583. The number of aromatic nitrogens is 1. The molecule has 0 radical (unpaired) electrons. The molecule has 0 atom stereocenters. The van der Waals surface area contributed by atoms with Crippen molar-refractivity contribution < 1.29 is 0 Å². The van der Waals surface area contributed by atoms with E-state index in [1.54, 1.807) is 0 Å². The van der Waals surface area contributed by atoms with Gasteiger partial charge in [0.05, 0.1) is 0 Å². The number of rotatable bonds is 3. The van der Waals surface area contributed by atoms with Gasteiger partial charge in [0.2, 0.25) is 0 Å². The predicted octanol–water partition coefficient (Wildman–Crippen LogP) is 3.32. The van der Waals surface area contributed by atoms with Crippen LogP contribution in [0.15, 0.2) is 22.9 Å². The first kappa shape index (κ1) is 12.7. The largest absolute Gasteiger partial charge is 0.302 e. The lowest BCUT2D eigenvalue weighted by molar-refractivity contribution is 0.220. The lowest BCUT2D eigenvalue weighted by atomic mass is 9.96. The van der Waals surface area contributed by atoms with Gasteiger partial charge in [0.25, 0.3) is 0 Å². The topological polar surface area (TPSA) is 16.1 Å². The van der Waals surface area contributed by atoms with Gasteiger partial charge in [-0.25, -0.2) is 0 Å². The first-order valence-corrected chi connectivity index (χ1v) is 5.94. The van der Waals surface area contributed by atoms with Gasteiger partial charge >= 0.3 is 0 Å². The summed E-state index contributed by atoms with van der Waals surface area (Å²) in [5.41, 5.74) is 1.59. The van der Waals surface area contributed by atoms with Gasteiger partial charge in [-0.05, 0) is 40.0 Å². The van der Waals surface area contributed by atoms with Crippen molar-refractivity contribution in [3.05, 3.63) is 28.5 Å². The summed E-state index contributed by atoms with van der Waals surface area (Å²) in [6.45, 7) is 8.79. The van der Waals surface area contributed by atoms with Crippen LogP contribution in [0, 0.1) is 5.41 Å². The maximum Gasteiger partial charge on any atom is 0.0410 e. The third-order valence-corrected chi connectivity index (χ3v) is 2.39. The summed E-state index contributed by atoms with van der Waals surface area (Å²) in [7, 11) is 2.14. The van der Waals surface area contributed by atoms with Gasteiger partial charge in [0.1, 0.15) is 0 Å². The normalized spacial score (nSPS) is 12.1. The van der Waals surface area contributed by atoms with E-state index in [9.17, 15) is 0 Å². The Labute approximate surface area is 101 Å². The summed E-state index contributed by atoms with van der Waals surface area (Å²) in [6, 6.07) is 2.12. The van der Waals surface area contributed by atoms with Crippen molar-refractivity contribution in [3.63, 3.8) is 0 Å². The molecular weight excluding hydrogens is 252 g/mol. The molecule has 1 heterocycles. The number of pyridine rings is 1. The molecule has 0 aliphatic rings. The monoisotopic (exact) mass is 270 g/mol. The first-order chi connectivity index (χ1) is 6.87. The molecule has 1 aromatic heterocycles. The zero-order valence-electron chi connectivity index (χ0n) is 9.92. The fourth-order valence-electron chi connectivity index (χ4n) is 1.72. The fourth-order valence-corrected chi connectivity index (χ4v) is 2.13. The molecule has 1 rings (SSSR count). The molecule has 0 saturated carbocycles. The molecule has 0 spiro atoms. The quantitative estimate of drug-likeness (QED) is 0.838.